The molecule has 7 nitrogen and oxygen atoms in total. The average molecular weight is 358 g/mol. The second-order valence-corrected chi connectivity index (χ2v) is 5.57. The second kappa shape index (κ2) is 9.43. The highest BCUT2D eigenvalue weighted by Gasteiger charge is 2.17. The average Bonchev–Trinajstić information content (AvgIpc) is 2.67. The first kappa shape index (κ1) is 19.3. The fourth-order valence-electron chi connectivity index (χ4n) is 2.33. The summed E-state index contributed by atoms with van der Waals surface area (Å²) in [5.41, 5.74) is 1.29. The molecule has 0 radical (unpaired) electrons. The minimum Gasteiger partial charge on any atom is -0.497 e. The highest BCUT2D eigenvalue weighted by atomic mass is 16.5. The molecule has 1 unspecified atom stereocenters. The van der Waals surface area contributed by atoms with E-state index in [2.05, 4.69) is 10.6 Å². The van der Waals surface area contributed by atoms with Crippen molar-refractivity contribution in [3.05, 3.63) is 54.1 Å². The minimum absolute atomic E-state index is 0.0269. The lowest BCUT2D eigenvalue weighted by Gasteiger charge is -2.13. The Morgan fingerprint density at radius 3 is 2.42 bits per heavy atom. The number of rotatable bonds is 7. The normalized spacial score (nSPS) is 11.3. The molecule has 0 aliphatic rings. The zero-order valence-electron chi connectivity index (χ0n) is 14.7. The number of aliphatic hydroxyl groups excluding tert-OH is 1. The molecule has 1 atom stereocenters. The Kier molecular flexibility index (Phi) is 6.99. The van der Waals surface area contributed by atoms with Gasteiger partial charge in [-0.2, -0.15) is 0 Å². The molecular formula is C19H22N2O5. The number of nitrogens with one attached hydrogen (secondary N) is 2. The number of amides is 2. The van der Waals surface area contributed by atoms with Gasteiger partial charge in [0.25, 0.3) is 0 Å². The van der Waals surface area contributed by atoms with Gasteiger partial charge in [0.1, 0.15) is 11.5 Å². The molecule has 7 heteroatoms. The van der Waals surface area contributed by atoms with E-state index < -0.39 is 17.9 Å². The summed E-state index contributed by atoms with van der Waals surface area (Å²) in [5, 5.41) is 14.9. The maximum Gasteiger partial charge on any atom is 0.313 e. The van der Waals surface area contributed by atoms with Crippen molar-refractivity contribution in [2.45, 2.75) is 12.5 Å². The van der Waals surface area contributed by atoms with Crippen LogP contribution in [0, 0.1) is 0 Å². The Morgan fingerprint density at radius 2 is 1.77 bits per heavy atom. The molecular weight excluding hydrogens is 336 g/mol. The van der Waals surface area contributed by atoms with Crippen LogP contribution in [0.2, 0.25) is 0 Å². The van der Waals surface area contributed by atoms with Crippen molar-refractivity contribution in [3.8, 4) is 11.5 Å². The molecule has 0 bridgehead atoms. The van der Waals surface area contributed by atoms with Crippen LogP contribution in [0.3, 0.4) is 0 Å². The first-order chi connectivity index (χ1) is 12.5. The van der Waals surface area contributed by atoms with Gasteiger partial charge in [-0.05, 0) is 17.7 Å². The number of aliphatic hydroxyl groups is 1. The molecule has 2 aromatic carbocycles. The predicted octanol–water partition coefficient (Wildman–Crippen LogP) is 1.36. The molecule has 0 aromatic heterocycles. The van der Waals surface area contributed by atoms with Gasteiger partial charge in [-0.3, -0.25) is 9.59 Å². The monoisotopic (exact) mass is 358 g/mol. The zero-order valence-corrected chi connectivity index (χ0v) is 14.7. The van der Waals surface area contributed by atoms with Gasteiger partial charge in [-0.15, -0.1) is 0 Å². The maximum atomic E-state index is 12.0. The van der Waals surface area contributed by atoms with E-state index >= 15 is 0 Å². The van der Waals surface area contributed by atoms with Gasteiger partial charge in [-0.1, -0.05) is 30.3 Å². The summed E-state index contributed by atoms with van der Waals surface area (Å²) in [6, 6.07) is 14.2. The molecule has 26 heavy (non-hydrogen) atoms. The minimum atomic E-state index is -0.847. The van der Waals surface area contributed by atoms with Crippen molar-refractivity contribution in [1.29, 1.82) is 0 Å². The molecule has 0 aliphatic carbocycles. The number of hydrogen-bond acceptors (Lipinski definition) is 5. The third-order valence-corrected chi connectivity index (χ3v) is 3.68. The number of methoxy groups -OCH3 is 2. The van der Waals surface area contributed by atoms with E-state index in [9.17, 15) is 14.7 Å². The first-order valence-corrected chi connectivity index (χ1v) is 8.06. The molecule has 0 aliphatic heterocycles. The highest BCUT2D eigenvalue weighted by Crippen LogP contribution is 2.28. The molecule has 0 spiro atoms. The number of benzene rings is 2. The Morgan fingerprint density at radius 1 is 1.04 bits per heavy atom. The van der Waals surface area contributed by atoms with Crippen LogP contribution in [0.4, 0.5) is 5.69 Å². The van der Waals surface area contributed by atoms with Crippen molar-refractivity contribution in [2.75, 3.05) is 26.1 Å². The third kappa shape index (κ3) is 5.49. The van der Waals surface area contributed by atoms with Crippen molar-refractivity contribution in [1.82, 2.24) is 5.32 Å². The summed E-state index contributed by atoms with van der Waals surface area (Å²) >= 11 is 0. The van der Waals surface area contributed by atoms with Gasteiger partial charge >= 0.3 is 11.8 Å². The number of ether oxygens (including phenoxy) is 2. The van der Waals surface area contributed by atoms with E-state index in [0.29, 0.717) is 23.6 Å². The summed E-state index contributed by atoms with van der Waals surface area (Å²) in [4.78, 5) is 23.9. The number of hydrogen-bond donors (Lipinski definition) is 3. The fourth-order valence-corrected chi connectivity index (χ4v) is 2.33. The maximum absolute atomic E-state index is 12.0. The second-order valence-electron chi connectivity index (χ2n) is 5.57. The Balaban J connectivity index is 1.86. The fraction of sp³-hybridized carbons (Fsp3) is 0.263. The van der Waals surface area contributed by atoms with Crippen LogP contribution in [0.1, 0.15) is 5.56 Å². The van der Waals surface area contributed by atoms with Crippen molar-refractivity contribution in [3.63, 3.8) is 0 Å². The van der Waals surface area contributed by atoms with Crippen LogP contribution in [-0.4, -0.2) is 43.8 Å². The summed E-state index contributed by atoms with van der Waals surface area (Å²) in [5.74, 6) is -0.752. The third-order valence-electron chi connectivity index (χ3n) is 3.68. The lowest BCUT2D eigenvalue weighted by Crippen LogP contribution is -2.40. The zero-order chi connectivity index (χ0) is 18.9. The van der Waals surface area contributed by atoms with E-state index in [4.69, 9.17) is 9.47 Å². The van der Waals surface area contributed by atoms with Crippen LogP contribution in [0.5, 0.6) is 11.5 Å². The quantitative estimate of drug-likeness (QED) is 0.650. The van der Waals surface area contributed by atoms with Crippen LogP contribution in [0.25, 0.3) is 0 Å². The standard InChI is InChI=1S/C19H22N2O5/c1-25-15-8-9-16(17(11-15)26-2)21-19(24)18(23)20-12-14(22)10-13-6-4-3-5-7-13/h3-9,11,14,22H,10,12H2,1-2H3,(H,20,23)(H,21,24). The van der Waals surface area contributed by atoms with Gasteiger partial charge in [-0.25, -0.2) is 0 Å². The van der Waals surface area contributed by atoms with E-state index in [-0.39, 0.29) is 6.54 Å². The van der Waals surface area contributed by atoms with Crippen LogP contribution in [-0.2, 0) is 16.0 Å². The number of carbonyl (C=O) groups excluding carboxylic acids is 2. The topological polar surface area (TPSA) is 96.9 Å². The first-order valence-electron chi connectivity index (χ1n) is 8.06. The summed E-state index contributed by atoms with van der Waals surface area (Å²) in [6.45, 7) is -0.0269. The smallest absolute Gasteiger partial charge is 0.313 e. The molecule has 2 aromatic rings. The van der Waals surface area contributed by atoms with Crippen molar-refractivity contribution >= 4 is 17.5 Å². The van der Waals surface area contributed by atoms with E-state index in [1.165, 1.54) is 14.2 Å². The van der Waals surface area contributed by atoms with E-state index in [0.717, 1.165) is 5.56 Å². The molecule has 2 amide bonds. The highest BCUT2D eigenvalue weighted by molar-refractivity contribution is 6.39. The Bertz CT molecular complexity index is 749. The predicted molar refractivity (Wildman–Crippen MR) is 97.3 cm³/mol. The van der Waals surface area contributed by atoms with Crippen molar-refractivity contribution < 1.29 is 24.2 Å². The number of anilines is 1. The molecule has 0 heterocycles. The van der Waals surface area contributed by atoms with Crippen molar-refractivity contribution in [2.24, 2.45) is 0 Å². The van der Waals surface area contributed by atoms with Gasteiger partial charge in [0.05, 0.1) is 26.0 Å². The van der Waals surface area contributed by atoms with Crippen LogP contribution in [0.15, 0.2) is 48.5 Å². The molecule has 0 fully saturated rings. The molecule has 0 saturated heterocycles. The van der Waals surface area contributed by atoms with Crippen LogP contribution < -0.4 is 20.1 Å². The van der Waals surface area contributed by atoms with Gasteiger partial charge in [0.15, 0.2) is 0 Å². The molecule has 2 rings (SSSR count). The SMILES string of the molecule is COc1ccc(NC(=O)C(=O)NCC(O)Cc2ccccc2)c(OC)c1. The lowest BCUT2D eigenvalue weighted by atomic mass is 10.1. The lowest BCUT2D eigenvalue weighted by molar-refractivity contribution is -0.136. The summed E-state index contributed by atoms with van der Waals surface area (Å²) in [6.07, 6.45) is -0.403. The summed E-state index contributed by atoms with van der Waals surface area (Å²) in [7, 11) is 2.96. The summed E-state index contributed by atoms with van der Waals surface area (Å²) < 4.78 is 10.2. The van der Waals surface area contributed by atoms with E-state index in [1.807, 2.05) is 30.3 Å². The van der Waals surface area contributed by atoms with Crippen LogP contribution >= 0.6 is 0 Å². The molecule has 138 valence electrons. The van der Waals surface area contributed by atoms with Gasteiger partial charge in [0.2, 0.25) is 0 Å². The number of carbonyl (C=O) groups is 2. The molecule has 3 N–H and O–H groups in total. The Hall–Kier alpha value is -3.06. The largest absolute Gasteiger partial charge is 0.497 e. The van der Waals surface area contributed by atoms with Gasteiger partial charge < -0.3 is 25.2 Å². The Labute approximate surface area is 151 Å². The van der Waals surface area contributed by atoms with E-state index in [1.54, 1.807) is 18.2 Å². The van der Waals surface area contributed by atoms with Gasteiger partial charge in [0, 0.05) is 19.0 Å². The molecule has 0 saturated carbocycles.